The number of ether oxygens (including phenoxy) is 3. The third-order valence-electron chi connectivity index (χ3n) is 5.22. The van der Waals surface area contributed by atoms with E-state index in [1.807, 2.05) is 37.3 Å². The number of hydrogen-bond donors (Lipinski definition) is 1. The molecule has 0 aliphatic heterocycles. The highest BCUT2D eigenvalue weighted by molar-refractivity contribution is 5.98. The van der Waals surface area contributed by atoms with Gasteiger partial charge in [0.2, 0.25) is 5.75 Å². The van der Waals surface area contributed by atoms with Crippen LogP contribution in [0.25, 0.3) is 0 Å². The Hall–Kier alpha value is -3.42. The van der Waals surface area contributed by atoms with Crippen molar-refractivity contribution in [1.29, 1.82) is 0 Å². The molecule has 3 atom stereocenters. The van der Waals surface area contributed by atoms with Gasteiger partial charge < -0.3 is 19.5 Å². The van der Waals surface area contributed by atoms with Crippen LogP contribution in [-0.4, -0.2) is 42.1 Å². The van der Waals surface area contributed by atoms with Gasteiger partial charge in [-0.15, -0.1) is 0 Å². The number of nitrogens with zero attached hydrogens (tertiary/aromatic N) is 1. The Balaban J connectivity index is 2.10. The van der Waals surface area contributed by atoms with Gasteiger partial charge in [0, 0.05) is 25.1 Å². The van der Waals surface area contributed by atoms with E-state index in [0.717, 1.165) is 24.8 Å². The molecule has 0 saturated carbocycles. The molecule has 2 aromatic rings. The molecule has 33 heavy (non-hydrogen) atoms. The van der Waals surface area contributed by atoms with Gasteiger partial charge in [0.15, 0.2) is 11.4 Å². The highest BCUT2D eigenvalue weighted by atomic mass is 16.6. The standard InChI is InChI=1S/C25H32N2O6/c1-6-7-13-20(19-11-9-8-10-12-19)17(3)32-25(30)16(2)27-24(29)22-23(33-18(4)28)21(31-5)14-15-26-22/h8-12,14-17,20H,6-7,13H2,1-5H3,(H,27,29)/t16?,17-,20-/m0/s1. The van der Waals surface area contributed by atoms with E-state index in [9.17, 15) is 14.4 Å². The Morgan fingerprint density at radius 2 is 1.79 bits per heavy atom. The predicted octanol–water partition coefficient (Wildman–Crippen LogP) is 4.04. The van der Waals surface area contributed by atoms with E-state index < -0.39 is 23.9 Å². The number of nitrogens with one attached hydrogen (secondary N) is 1. The zero-order chi connectivity index (χ0) is 24.4. The number of benzene rings is 1. The number of unbranched alkanes of at least 4 members (excludes halogenated alkanes) is 1. The molecule has 0 aliphatic carbocycles. The summed E-state index contributed by atoms with van der Waals surface area (Å²) in [4.78, 5) is 41.0. The van der Waals surface area contributed by atoms with E-state index in [4.69, 9.17) is 14.2 Å². The van der Waals surface area contributed by atoms with Crippen molar-refractivity contribution in [3.8, 4) is 11.5 Å². The Kier molecular flexibility index (Phi) is 9.84. The van der Waals surface area contributed by atoms with Crippen LogP contribution in [0.4, 0.5) is 0 Å². The monoisotopic (exact) mass is 456 g/mol. The first kappa shape index (κ1) is 25.8. The maximum absolute atomic E-state index is 12.8. The van der Waals surface area contributed by atoms with Gasteiger partial charge in [-0.05, 0) is 25.8 Å². The summed E-state index contributed by atoms with van der Waals surface area (Å²) in [6, 6.07) is 10.5. The van der Waals surface area contributed by atoms with Gasteiger partial charge in [0.25, 0.3) is 5.91 Å². The van der Waals surface area contributed by atoms with Gasteiger partial charge in [-0.3, -0.25) is 9.59 Å². The van der Waals surface area contributed by atoms with Gasteiger partial charge >= 0.3 is 11.9 Å². The molecule has 1 unspecified atom stereocenters. The molecule has 178 valence electrons. The van der Waals surface area contributed by atoms with Crippen molar-refractivity contribution < 1.29 is 28.6 Å². The Morgan fingerprint density at radius 3 is 2.39 bits per heavy atom. The minimum absolute atomic E-state index is 0.0496. The van der Waals surface area contributed by atoms with Crippen molar-refractivity contribution in [3.05, 3.63) is 53.9 Å². The molecule has 8 nitrogen and oxygen atoms in total. The van der Waals surface area contributed by atoms with E-state index in [2.05, 4.69) is 17.2 Å². The summed E-state index contributed by atoms with van der Waals surface area (Å²) < 4.78 is 16.0. The smallest absolute Gasteiger partial charge is 0.328 e. The maximum Gasteiger partial charge on any atom is 0.328 e. The lowest BCUT2D eigenvalue weighted by molar-refractivity contribution is -0.151. The van der Waals surface area contributed by atoms with Gasteiger partial charge in [-0.25, -0.2) is 9.78 Å². The zero-order valence-electron chi connectivity index (χ0n) is 19.8. The van der Waals surface area contributed by atoms with E-state index >= 15 is 0 Å². The Bertz CT molecular complexity index is 947. The molecule has 2 rings (SSSR count). The molecule has 1 N–H and O–H groups in total. The summed E-state index contributed by atoms with van der Waals surface area (Å²) in [7, 11) is 1.38. The minimum Gasteiger partial charge on any atom is -0.493 e. The highest BCUT2D eigenvalue weighted by Crippen LogP contribution is 2.30. The lowest BCUT2D eigenvalue weighted by Gasteiger charge is -2.26. The van der Waals surface area contributed by atoms with E-state index in [1.165, 1.54) is 33.2 Å². The van der Waals surface area contributed by atoms with Crippen molar-refractivity contribution in [3.63, 3.8) is 0 Å². The summed E-state index contributed by atoms with van der Waals surface area (Å²) in [5.74, 6) is -1.76. The number of aromatic nitrogens is 1. The van der Waals surface area contributed by atoms with Crippen LogP contribution in [0.5, 0.6) is 11.5 Å². The van der Waals surface area contributed by atoms with Crippen molar-refractivity contribution in [2.75, 3.05) is 7.11 Å². The van der Waals surface area contributed by atoms with Crippen LogP contribution < -0.4 is 14.8 Å². The summed E-state index contributed by atoms with van der Waals surface area (Å²) in [5, 5.41) is 2.57. The lowest BCUT2D eigenvalue weighted by atomic mass is 9.89. The molecular weight excluding hydrogens is 424 g/mol. The topological polar surface area (TPSA) is 104 Å². The molecule has 1 heterocycles. The van der Waals surface area contributed by atoms with Crippen LogP contribution in [0.1, 0.15) is 68.9 Å². The fourth-order valence-corrected chi connectivity index (χ4v) is 3.48. The summed E-state index contributed by atoms with van der Waals surface area (Å²) >= 11 is 0. The first-order valence-corrected chi connectivity index (χ1v) is 11.1. The second kappa shape index (κ2) is 12.6. The molecule has 0 radical (unpaired) electrons. The Morgan fingerprint density at radius 1 is 1.09 bits per heavy atom. The molecule has 0 aliphatic rings. The number of carbonyl (C=O) groups excluding carboxylic acids is 3. The molecule has 0 saturated heterocycles. The van der Waals surface area contributed by atoms with Crippen molar-refractivity contribution in [1.82, 2.24) is 10.3 Å². The van der Waals surface area contributed by atoms with Crippen molar-refractivity contribution in [2.24, 2.45) is 0 Å². The largest absolute Gasteiger partial charge is 0.493 e. The quantitative estimate of drug-likeness (QED) is 0.509. The van der Waals surface area contributed by atoms with E-state index in [0.29, 0.717) is 0 Å². The van der Waals surface area contributed by atoms with Crippen LogP contribution in [0.2, 0.25) is 0 Å². The van der Waals surface area contributed by atoms with Crippen LogP contribution in [0.3, 0.4) is 0 Å². The number of carbonyl (C=O) groups is 3. The van der Waals surface area contributed by atoms with Crippen molar-refractivity contribution in [2.45, 2.75) is 65.0 Å². The molecule has 0 bridgehead atoms. The first-order valence-electron chi connectivity index (χ1n) is 11.1. The molecule has 1 aromatic heterocycles. The number of rotatable bonds is 11. The van der Waals surface area contributed by atoms with Gasteiger partial charge in [-0.2, -0.15) is 0 Å². The second-order valence-electron chi connectivity index (χ2n) is 7.78. The van der Waals surface area contributed by atoms with Gasteiger partial charge in [0.05, 0.1) is 7.11 Å². The fraction of sp³-hybridized carbons (Fsp3) is 0.440. The average Bonchev–Trinajstić information content (AvgIpc) is 2.79. The van der Waals surface area contributed by atoms with Gasteiger partial charge in [0.1, 0.15) is 12.1 Å². The highest BCUT2D eigenvalue weighted by Gasteiger charge is 2.28. The number of hydrogen-bond acceptors (Lipinski definition) is 7. The minimum atomic E-state index is -0.944. The van der Waals surface area contributed by atoms with E-state index in [1.54, 1.807) is 0 Å². The van der Waals surface area contributed by atoms with E-state index in [-0.39, 0.29) is 29.2 Å². The Labute approximate surface area is 194 Å². The van der Waals surface area contributed by atoms with Crippen LogP contribution in [-0.2, 0) is 14.3 Å². The molecule has 1 amide bonds. The average molecular weight is 457 g/mol. The third-order valence-corrected chi connectivity index (χ3v) is 5.22. The molecule has 1 aromatic carbocycles. The SMILES string of the molecule is CCCC[C@H](c1ccccc1)[C@H](C)OC(=O)C(C)NC(=O)c1nccc(OC)c1OC(C)=O. The summed E-state index contributed by atoms with van der Waals surface area (Å²) in [6.45, 7) is 6.72. The number of esters is 2. The normalized spacial score (nSPS) is 13.4. The predicted molar refractivity (Wildman–Crippen MR) is 123 cm³/mol. The summed E-state index contributed by atoms with van der Waals surface area (Å²) in [5.41, 5.74) is 0.942. The first-order chi connectivity index (χ1) is 15.8. The lowest BCUT2D eigenvalue weighted by Crippen LogP contribution is -2.41. The van der Waals surface area contributed by atoms with Crippen LogP contribution in [0, 0.1) is 0 Å². The van der Waals surface area contributed by atoms with Crippen LogP contribution in [0.15, 0.2) is 42.6 Å². The third kappa shape index (κ3) is 7.30. The second-order valence-corrected chi connectivity index (χ2v) is 7.78. The number of methoxy groups -OCH3 is 1. The van der Waals surface area contributed by atoms with Crippen LogP contribution >= 0.6 is 0 Å². The summed E-state index contributed by atoms with van der Waals surface area (Å²) in [6.07, 6.45) is 3.90. The van der Waals surface area contributed by atoms with Crippen molar-refractivity contribution >= 4 is 17.8 Å². The molecular formula is C25H32N2O6. The molecule has 8 heteroatoms. The number of amides is 1. The van der Waals surface area contributed by atoms with Gasteiger partial charge in [-0.1, -0.05) is 50.1 Å². The zero-order valence-corrected chi connectivity index (χ0v) is 19.8. The fourth-order valence-electron chi connectivity index (χ4n) is 3.48. The molecule has 0 fully saturated rings. The molecule has 0 spiro atoms. The number of pyridine rings is 1. The maximum atomic E-state index is 12.8.